The Balaban J connectivity index is 0.000000158. The number of ether oxygens (including phenoxy) is 1. The number of rotatable bonds is 11. The molecule has 1 saturated heterocycles. The SMILES string of the molecule is Cc1ccc2c(Nc3ccc(I)cc3F)nccc2c1Cc1ncccc1-c1ncnc2c1N=CC2.Cc1ccc2c(Nc3ccc(I)cc3F)nccc2c1Cc1ncccc1-c1ncnc2c1ncn2C1CCCCO1. The van der Waals surface area contributed by atoms with Crippen LogP contribution in [0.4, 0.5) is 37.5 Å². The molecule has 18 heteroatoms. The summed E-state index contributed by atoms with van der Waals surface area (Å²) in [6.07, 6.45) is 18.9. The van der Waals surface area contributed by atoms with Gasteiger partial charge >= 0.3 is 0 Å². The predicted molar refractivity (Wildman–Crippen MR) is 318 cm³/mol. The van der Waals surface area contributed by atoms with Crippen molar-refractivity contribution >= 4 is 113 Å². The van der Waals surface area contributed by atoms with Crippen molar-refractivity contribution in [3.63, 3.8) is 0 Å². The molecule has 0 amide bonds. The Morgan fingerprint density at radius 3 is 1.78 bits per heavy atom. The molecule has 2 N–H and O–H groups in total. The first-order valence-corrected chi connectivity index (χ1v) is 27.5. The molecule has 1 fully saturated rings. The maximum Gasteiger partial charge on any atom is 0.165 e. The highest BCUT2D eigenvalue weighted by atomic mass is 127. The summed E-state index contributed by atoms with van der Waals surface area (Å²) in [7, 11) is 0. The summed E-state index contributed by atoms with van der Waals surface area (Å²) in [5.41, 5.74) is 13.7. The molecule has 78 heavy (non-hydrogen) atoms. The van der Waals surface area contributed by atoms with E-state index in [-0.39, 0.29) is 17.9 Å². The van der Waals surface area contributed by atoms with Crippen molar-refractivity contribution in [2.75, 3.05) is 17.2 Å². The highest BCUT2D eigenvalue weighted by Crippen LogP contribution is 2.38. The summed E-state index contributed by atoms with van der Waals surface area (Å²) >= 11 is 4.20. The Bertz CT molecular complexity index is 4130. The second kappa shape index (κ2) is 22.3. The van der Waals surface area contributed by atoms with E-state index in [1.54, 1.807) is 49.6 Å². The van der Waals surface area contributed by atoms with Crippen LogP contribution in [0.5, 0.6) is 0 Å². The normalized spacial score (nSPS) is 13.9. The van der Waals surface area contributed by atoms with Gasteiger partial charge in [-0.1, -0.05) is 24.3 Å². The molecule has 2 aliphatic rings. The minimum absolute atomic E-state index is 0.0670. The fraction of sp³-hybridized carbons (Fsp3) is 0.167. The molecular formula is C60H47F2I2N13O. The molecule has 7 aromatic heterocycles. The monoisotopic (exact) mass is 1260 g/mol. The third-order valence-corrected chi connectivity index (χ3v) is 15.5. The van der Waals surface area contributed by atoms with Crippen LogP contribution >= 0.6 is 45.2 Å². The van der Waals surface area contributed by atoms with E-state index in [0.29, 0.717) is 42.3 Å². The lowest BCUT2D eigenvalue weighted by atomic mass is 9.94. The molecule has 386 valence electrons. The van der Waals surface area contributed by atoms with Crippen LogP contribution in [0.3, 0.4) is 0 Å². The molecule has 0 aliphatic carbocycles. The van der Waals surface area contributed by atoms with Crippen LogP contribution in [0.25, 0.3) is 55.2 Å². The number of hydrogen-bond acceptors (Lipinski definition) is 13. The first kappa shape index (κ1) is 51.0. The zero-order valence-electron chi connectivity index (χ0n) is 42.2. The van der Waals surface area contributed by atoms with Crippen LogP contribution in [0.15, 0.2) is 146 Å². The molecule has 1 unspecified atom stereocenters. The van der Waals surface area contributed by atoms with Crippen molar-refractivity contribution in [3.8, 4) is 22.5 Å². The van der Waals surface area contributed by atoms with Crippen molar-refractivity contribution < 1.29 is 13.5 Å². The molecular weight excluding hydrogens is 1210 g/mol. The van der Waals surface area contributed by atoms with Gasteiger partial charge < -0.3 is 15.4 Å². The Labute approximate surface area is 474 Å². The number of nitrogens with one attached hydrogen (secondary N) is 2. The molecule has 2 aliphatic heterocycles. The summed E-state index contributed by atoms with van der Waals surface area (Å²) in [4.78, 5) is 46.1. The van der Waals surface area contributed by atoms with Gasteiger partial charge in [0.2, 0.25) is 0 Å². The summed E-state index contributed by atoms with van der Waals surface area (Å²) in [5.74, 6) is 0.576. The summed E-state index contributed by atoms with van der Waals surface area (Å²) < 4.78 is 38.9. The number of anilines is 4. The van der Waals surface area contributed by atoms with Crippen LogP contribution in [0, 0.1) is 32.6 Å². The number of aryl methyl sites for hydroxylation is 2. The topological polar surface area (TPSA) is 167 Å². The Kier molecular flexibility index (Phi) is 14.5. The summed E-state index contributed by atoms with van der Waals surface area (Å²) in [6.45, 7) is 4.93. The van der Waals surface area contributed by atoms with E-state index >= 15 is 0 Å². The van der Waals surface area contributed by atoms with E-state index < -0.39 is 0 Å². The maximum absolute atomic E-state index is 14.7. The second-order valence-electron chi connectivity index (χ2n) is 19.0. The molecule has 0 radical (unpaired) electrons. The largest absolute Gasteiger partial charge is 0.358 e. The highest BCUT2D eigenvalue weighted by Gasteiger charge is 2.24. The fourth-order valence-electron chi connectivity index (χ4n) is 10.2. The minimum atomic E-state index is -0.320. The van der Waals surface area contributed by atoms with E-state index in [2.05, 4.69) is 117 Å². The lowest BCUT2D eigenvalue weighted by Crippen LogP contribution is -2.17. The molecule has 9 heterocycles. The number of imidazole rings is 1. The van der Waals surface area contributed by atoms with Crippen molar-refractivity contribution in [1.29, 1.82) is 0 Å². The number of aliphatic imine (C=N–C) groups is 1. The molecule has 13 rings (SSSR count). The lowest BCUT2D eigenvalue weighted by Gasteiger charge is -2.23. The van der Waals surface area contributed by atoms with Crippen LogP contribution < -0.4 is 10.6 Å². The standard InChI is InChI=1S/C32H27FIN7O.C28H20FIN6/c1-19-7-9-22-21(11-13-36-31(22)40-26-10-8-20(34)15-25(26)33)24(19)16-27-23(5-4-12-35-27)29-30-32(38-17-37-29)41(18-39-30)28-6-2-3-14-42-28;1-16-4-6-19-18(8-11-33-28(19)36-23-7-5-17(30)13-22(23)29)21(16)14-25-20(3-2-10-31-25)26-27-24(9-12-32-27)34-15-35-26/h4-5,7-13,15,17-18,28H,2-3,6,14,16H2,1H3,(H,36,40);2-8,10-13,15H,9,14H2,1H3,(H,33,36). The summed E-state index contributed by atoms with van der Waals surface area (Å²) in [6, 6.07) is 30.3. The average molecular weight is 1260 g/mol. The van der Waals surface area contributed by atoms with Crippen molar-refractivity contribution in [2.45, 2.75) is 58.6 Å². The molecule has 0 spiro atoms. The second-order valence-corrected chi connectivity index (χ2v) is 21.5. The van der Waals surface area contributed by atoms with Crippen molar-refractivity contribution in [1.82, 2.24) is 49.4 Å². The Morgan fingerprint density at radius 1 is 0.603 bits per heavy atom. The molecule has 0 saturated carbocycles. The van der Waals surface area contributed by atoms with Crippen LogP contribution in [-0.2, 0) is 24.0 Å². The van der Waals surface area contributed by atoms with E-state index in [1.165, 1.54) is 12.1 Å². The van der Waals surface area contributed by atoms with Gasteiger partial charge in [-0.05, 0) is 184 Å². The number of fused-ring (bicyclic) bond motifs is 4. The Hall–Kier alpha value is -7.82. The molecule has 4 aromatic carbocycles. The molecule has 11 aromatic rings. The van der Waals surface area contributed by atoms with E-state index in [0.717, 1.165) is 133 Å². The van der Waals surface area contributed by atoms with Gasteiger partial charge in [0.25, 0.3) is 0 Å². The predicted octanol–water partition coefficient (Wildman–Crippen LogP) is 14.3. The third-order valence-electron chi connectivity index (χ3n) is 14.2. The quantitative estimate of drug-likeness (QED) is 0.118. The zero-order valence-corrected chi connectivity index (χ0v) is 46.5. The number of hydrogen-bond donors (Lipinski definition) is 2. The van der Waals surface area contributed by atoms with Gasteiger partial charge in [0.1, 0.15) is 64.7 Å². The van der Waals surface area contributed by atoms with Gasteiger partial charge in [0.05, 0.1) is 34.8 Å². The van der Waals surface area contributed by atoms with E-state index in [1.807, 2.05) is 77.8 Å². The zero-order chi connectivity index (χ0) is 53.3. The average Bonchev–Trinajstić information content (AvgIpc) is 4.22. The lowest BCUT2D eigenvalue weighted by molar-refractivity contribution is -0.0298. The number of pyridine rings is 4. The van der Waals surface area contributed by atoms with Crippen molar-refractivity contribution in [3.05, 3.63) is 199 Å². The fourth-order valence-corrected chi connectivity index (χ4v) is 11.1. The van der Waals surface area contributed by atoms with Crippen molar-refractivity contribution in [2.24, 2.45) is 4.99 Å². The van der Waals surface area contributed by atoms with Gasteiger partial charge in [0, 0.05) is 85.9 Å². The Morgan fingerprint density at radius 2 is 1.19 bits per heavy atom. The molecule has 1 atom stereocenters. The van der Waals surface area contributed by atoms with Crippen LogP contribution in [0.2, 0.25) is 0 Å². The first-order valence-electron chi connectivity index (χ1n) is 25.4. The highest BCUT2D eigenvalue weighted by molar-refractivity contribution is 14.1. The van der Waals surface area contributed by atoms with Crippen LogP contribution in [-0.4, -0.2) is 62.2 Å². The number of aromatic nitrogens is 10. The van der Waals surface area contributed by atoms with Gasteiger partial charge in [-0.3, -0.25) is 19.5 Å². The van der Waals surface area contributed by atoms with E-state index in [9.17, 15) is 8.78 Å². The van der Waals surface area contributed by atoms with Gasteiger partial charge in [0.15, 0.2) is 5.65 Å². The summed E-state index contributed by atoms with van der Waals surface area (Å²) in [5, 5.41) is 10.3. The first-order chi connectivity index (χ1) is 38.1. The van der Waals surface area contributed by atoms with Gasteiger partial charge in [-0.2, -0.15) is 0 Å². The smallest absolute Gasteiger partial charge is 0.165 e. The van der Waals surface area contributed by atoms with Gasteiger partial charge in [-0.25, -0.2) is 43.7 Å². The number of halogens is 4. The van der Waals surface area contributed by atoms with Crippen LogP contribution in [0.1, 0.15) is 64.8 Å². The molecule has 14 nitrogen and oxygen atoms in total. The molecule has 0 bridgehead atoms. The maximum atomic E-state index is 14.7. The number of nitrogens with zero attached hydrogens (tertiary/aromatic N) is 11. The van der Waals surface area contributed by atoms with E-state index in [4.69, 9.17) is 19.7 Å². The minimum Gasteiger partial charge on any atom is -0.358 e. The number of benzene rings is 4. The van der Waals surface area contributed by atoms with Gasteiger partial charge in [-0.15, -0.1) is 0 Å². The third kappa shape index (κ3) is 10.3.